The Morgan fingerprint density at radius 1 is 1.12 bits per heavy atom. The van der Waals surface area contributed by atoms with Crippen molar-refractivity contribution in [3.05, 3.63) is 57.7 Å². The second kappa shape index (κ2) is 6.03. The summed E-state index contributed by atoms with van der Waals surface area (Å²) >= 11 is 9.18. The van der Waals surface area contributed by atoms with Gasteiger partial charge in [-0.25, -0.2) is 4.98 Å². The van der Waals surface area contributed by atoms with Gasteiger partial charge in [-0.05, 0) is 52.2 Å². The predicted octanol–water partition coefficient (Wildman–Crippen LogP) is 4.15. The molecule has 0 spiro atoms. The Morgan fingerprint density at radius 3 is 2.53 bits per heavy atom. The third-order valence-corrected chi connectivity index (χ3v) is 3.08. The van der Waals surface area contributed by atoms with Gasteiger partial charge in [0, 0.05) is 22.2 Å². The quantitative estimate of drug-likeness (QED) is 0.917. The third kappa shape index (κ3) is 4.02. The third-order valence-electron chi connectivity index (χ3n) is 2.36. The lowest BCUT2D eigenvalue weighted by atomic mass is 10.1. The Labute approximate surface area is 114 Å². The van der Waals surface area contributed by atoms with E-state index in [0.29, 0.717) is 0 Å². The van der Waals surface area contributed by atoms with Crippen LogP contribution in [0.1, 0.15) is 5.56 Å². The Balaban J connectivity index is 1.83. The fourth-order valence-corrected chi connectivity index (χ4v) is 1.83. The summed E-state index contributed by atoms with van der Waals surface area (Å²) in [6.45, 7) is 0.857. The monoisotopic (exact) mass is 310 g/mol. The standard InChI is InChI=1S/C13H12BrClN2/c14-11-3-6-13(17-9-11)16-8-7-10-1-4-12(15)5-2-10/h1-6,9H,7-8H2,(H,16,17). The molecule has 2 rings (SSSR count). The van der Waals surface area contributed by atoms with Gasteiger partial charge in [-0.2, -0.15) is 0 Å². The number of pyridine rings is 1. The second-order valence-corrected chi connectivity index (χ2v) is 5.02. The van der Waals surface area contributed by atoms with Crippen LogP contribution in [0.2, 0.25) is 5.02 Å². The maximum atomic E-state index is 5.83. The van der Waals surface area contributed by atoms with Crippen LogP contribution in [0.5, 0.6) is 0 Å². The van der Waals surface area contributed by atoms with Crippen molar-refractivity contribution < 1.29 is 0 Å². The Bertz CT molecular complexity index is 422. The van der Waals surface area contributed by atoms with E-state index in [2.05, 4.69) is 26.2 Å². The summed E-state index contributed by atoms with van der Waals surface area (Å²) in [6.07, 6.45) is 2.74. The van der Waals surface area contributed by atoms with Crippen molar-refractivity contribution in [2.75, 3.05) is 11.9 Å². The fraction of sp³-hybridized carbons (Fsp3) is 0.154. The van der Waals surface area contributed by atoms with Crippen LogP contribution in [-0.4, -0.2) is 11.5 Å². The van der Waals surface area contributed by atoms with Gasteiger partial charge in [-0.15, -0.1) is 0 Å². The first-order valence-electron chi connectivity index (χ1n) is 5.34. The van der Waals surface area contributed by atoms with Crippen LogP contribution in [0.25, 0.3) is 0 Å². The Morgan fingerprint density at radius 2 is 1.88 bits per heavy atom. The number of hydrogen-bond donors (Lipinski definition) is 1. The van der Waals surface area contributed by atoms with Crippen LogP contribution in [0.3, 0.4) is 0 Å². The van der Waals surface area contributed by atoms with Crippen LogP contribution in [0.4, 0.5) is 5.82 Å². The number of nitrogens with zero attached hydrogens (tertiary/aromatic N) is 1. The maximum absolute atomic E-state index is 5.83. The molecule has 0 aliphatic rings. The molecule has 17 heavy (non-hydrogen) atoms. The minimum atomic E-state index is 0.774. The molecule has 1 heterocycles. The molecule has 1 aromatic carbocycles. The van der Waals surface area contributed by atoms with E-state index in [1.165, 1.54) is 5.56 Å². The molecule has 1 aromatic heterocycles. The summed E-state index contributed by atoms with van der Waals surface area (Å²) in [4.78, 5) is 4.24. The van der Waals surface area contributed by atoms with E-state index in [4.69, 9.17) is 11.6 Å². The molecular formula is C13H12BrClN2. The van der Waals surface area contributed by atoms with Crippen LogP contribution >= 0.6 is 27.5 Å². The number of aromatic nitrogens is 1. The SMILES string of the molecule is Clc1ccc(CCNc2ccc(Br)cn2)cc1. The van der Waals surface area contributed by atoms with Gasteiger partial charge in [-0.3, -0.25) is 0 Å². The highest BCUT2D eigenvalue weighted by Crippen LogP contribution is 2.12. The van der Waals surface area contributed by atoms with Crippen molar-refractivity contribution in [3.63, 3.8) is 0 Å². The van der Waals surface area contributed by atoms with E-state index >= 15 is 0 Å². The molecule has 2 nitrogen and oxygen atoms in total. The Kier molecular flexibility index (Phi) is 4.40. The molecule has 1 N–H and O–H groups in total. The number of benzene rings is 1. The van der Waals surface area contributed by atoms with Gasteiger partial charge < -0.3 is 5.32 Å². The molecule has 0 atom stereocenters. The lowest BCUT2D eigenvalue weighted by Crippen LogP contribution is -2.05. The Hall–Kier alpha value is -1.06. The molecule has 4 heteroatoms. The maximum Gasteiger partial charge on any atom is 0.125 e. The number of anilines is 1. The first-order chi connectivity index (χ1) is 8.24. The van der Waals surface area contributed by atoms with Crippen molar-refractivity contribution in [1.82, 2.24) is 4.98 Å². The molecule has 0 bridgehead atoms. The van der Waals surface area contributed by atoms with Crippen molar-refractivity contribution in [1.29, 1.82) is 0 Å². The number of hydrogen-bond acceptors (Lipinski definition) is 2. The summed E-state index contributed by atoms with van der Waals surface area (Å²) in [5.41, 5.74) is 1.26. The lowest BCUT2D eigenvalue weighted by molar-refractivity contribution is 1.01. The topological polar surface area (TPSA) is 24.9 Å². The van der Waals surface area contributed by atoms with E-state index < -0.39 is 0 Å². The van der Waals surface area contributed by atoms with Gasteiger partial charge in [0.15, 0.2) is 0 Å². The molecule has 0 aliphatic heterocycles. The molecule has 0 saturated carbocycles. The summed E-state index contributed by atoms with van der Waals surface area (Å²) in [7, 11) is 0. The van der Waals surface area contributed by atoms with E-state index in [9.17, 15) is 0 Å². The lowest BCUT2D eigenvalue weighted by Gasteiger charge is -2.05. The number of rotatable bonds is 4. The van der Waals surface area contributed by atoms with Crippen molar-refractivity contribution >= 4 is 33.3 Å². The first-order valence-corrected chi connectivity index (χ1v) is 6.51. The summed E-state index contributed by atoms with van der Waals surface area (Å²) in [6, 6.07) is 11.8. The van der Waals surface area contributed by atoms with Crippen LogP contribution in [0.15, 0.2) is 47.1 Å². The number of nitrogens with one attached hydrogen (secondary N) is 1. The predicted molar refractivity (Wildman–Crippen MR) is 75.6 cm³/mol. The molecule has 88 valence electrons. The van der Waals surface area contributed by atoms with E-state index in [1.807, 2.05) is 36.4 Å². The summed E-state index contributed by atoms with van der Waals surface area (Å²) in [5.74, 6) is 0.891. The zero-order chi connectivity index (χ0) is 12.1. The molecule has 0 amide bonds. The average molecular weight is 312 g/mol. The average Bonchev–Trinajstić information content (AvgIpc) is 2.34. The van der Waals surface area contributed by atoms with E-state index in [-0.39, 0.29) is 0 Å². The molecule has 0 unspecified atom stereocenters. The number of halogens is 2. The summed E-state index contributed by atoms with van der Waals surface area (Å²) in [5, 5.41) is 4.04. The van der Waals surface area contributed by atoms with E-state index in [1.54, 1.807) is 6.20 Å². The second-order valence-electron chi connectivity index (χ2n) is 3.66. The molecule has 2 aromatic rings. The highest BCUT2D eigenvalue weighted by molar-refractivity contribution is 9.10. The van der Waals surface area contributed by atoms with Gasteiger partial charge in [0.25, 0.3) is 0 Å². The fourth-order valence-electron chi connectivity index (χ4n) is 1.47. The van der Waals surface area contributed by atoms with Crippen molar-refractivity contribution in [2.45, 2.75) is 6.42 Å². The molecular weight excluding hydrogens is 300 g/mol. The molecule has 0 aliphatic carbocycles. The van der Waals surface area contributed by atoms with Gasteiger partial charge in [0.05, 0.1) is 0 Å². The first kappa shape index (κ1) is 12.4. The highest BCUT2D eigenvalue weighted by atomic mass is 79.9. The largest absolute Gasteiger partial charge is 0.370 e. The van der Waals surface area contributed by atoms with Gasteiger partial charge in [0.2, 0.25) is 0 Å². The van der Waals surface area contributed by atoms with Gasteiger partial charge >= 0.3 is 0 Å². The van der Waals surface area contributed by atoms with Crippen molar-refractivity contribution in [2.24, 2.45) is 0 Å². The zero-order valence-electron chi connectivity index (χ0n) is 9.16. The summed E-state index contributed by atoms with van der Waals surface area (Å²) < 4.78 is 0.987. The zero-order valence-corrected chi connectivity index (χ0v) is 11.5. The highest BCUT2D eigenvalue weighted by Gasteiger charge is 1.95. The normalized spacial score (nSPS) is 10.2. The molecule has 0 saturated heterocycles. The minimum absolute atomic E-state index is 0.774. The van der Waals surface area contributed by atoms with Gasteiger partial charge in [-0.1, -0.05) is 23.7 Å². The molecule has 0 fully saturated rings. The van der Waals surface area contributed by atoms with Crippen LogP contribution < -0.4 is 5.32 Å². The molecule has 0 radical (unpaired) electrons. The van der Waals surface area contributed by atoms with Gasteiger partial charge in [0.1, 0.15) is 5.82 Å². The minimum Gasteiger partial charge on any atom is -0.370 e. The van der Waals surface area contributed by atoms with E-state index in [0.717, 1.165) is 28.3 Å². The van der Waals surface area contributed by atoms with Crippen LogP contribution in [0, 0.1) is 0 Å². The van der Waals surface area contributed by atoms with Crippen molar-refractivity contribution in [3.8, 4) is 0 Å². The van der Waals surface area contributed by atoms with Crippen LogP contribution in [-0.2, 0) is 6.42 Å². The smallest absolute Gasteiger partial charge is 0.125 e.